The molecule has 0 aliphatic rings. The molecule has 3 N–H and O–H groups in total. The van der Waals surface area contributed by atoms with Gasteiger partial charge in [0.05, 0.1) is 5.54 Å². The zero-order chi connectivity index (χ0) is 16.7. The number of carbonyl (C=O) groups is 2. The van der Waals surface area contributed by atoms with Crippen molar-refractivity contribution in [2.24, 2.45) is 11.3 Å². The van der Waals surface area contributed by atoms with E-state index in [0.717, 1.165) is 6.42 Å². The molecule has 5 heteroatoms. The maximum Gasteiger partial charge on any atom is 0.315 e. The van der Waals surface area contributed by atoms with Crippen LogP contribution < -0.4 is 10.6 Å². The van der Waals surface area contributed by atoms with E-state index in [1.54, 1.807) is 13.8 Å². The lowest BCUT2D eigenvalue weighted by Gasteiger charge is -2.30. The molecule has 0 spiro atoms. The van der Waals surface area contributed by atoms with Gasteiger partial charge in [0.25, 0.3) is 0 Å². The molecule has 0 aromatic rings. The number of terminal acetylenes is 1. The van der Waals surface area contributed by atoms with E-state index in [1.807, 2.05) is 0 Å². The Balaban J connectivity index is 4.29. The van der Waals surface area contributed by atoms with Crippen molar-refractivity contribution in [1.29, 1.82) is 0 Å². The van der Waals surface area contributed by atoms with Gasteiger partial charge in [0, 0.05) is 13.0 Å². The number of carboxylic acids is 1. The van der Waals surface area contributed by atoms with Crippen LogP contribution in [-0.2, 0) is 4.79 Å². The van der Waals surface area contributed by atoms with Crippen molar-refractivity contribution >= 4 is 12.0 Å². The summed E-state index contributed by atoms with van der Waals surface area (Å²) >= 11 is 0. The van der Waals surface area contributed by atoms with E-state index in [0.29, 0.717) is 13.0 Å². The van der Waals surface area contributed by atoms with Gasteiger partial charge in [0.15, 0.2) is 0 Å². The van der Waals surface area contributed by atoms with Crippen molar-refractivity contribution in [2.45, 2.75) is 59.4 Å². The summed E-state index contributed by atoms with van der Waals surface area (Å²) < 4.78 is 0. The monoisotopic (exact) mass is 296 g/mol. The van der Waals surface area contributed by atoms with Crippen LogP contribution in [0.25, 0.3) is 0 Å². The summed E-state index contributed by atoms with van der Waals surface area (Å²) in [5, 5.41) is 14.3. The minimum atomic E-state index is -0.786. The summed E-state index contributed by atoms with van der Waals surface area (Å²) in [6.45, 7) is 10.2. The lowest BCUT2D eigenvalue weighted by molar-refractivity contribution is -0.137. The number of hydrogen-bond acceptors (Lipinski definition) is 2. The number of aliphatic carboxylic acids is 1. The van der Waals surface area contributed by atoms with E-state index in [2.05, 4.69) is 37.3 Å². The molecule has 0 rings (SSSR count). The van der Waals surface area contributed by atoms with Crippen LogP contribution in [-0.4, -0.2) is 29.2 Å². The van der Waals surface area contributed by atoms with Crippen molar-refractivity contribution in [3.63, 3.8) is 0 Å². The van der Waals surface area contributed by atoms with Crippen LogP contribution in [0.5, 0.6) is 0 Å². The van der Waals surface area contributed by atoms with Gasteiger partial charge in [-0.25, -0.2) is 4.79 Å². The third kappa shape index (κ3) is 8.96. The molecule has 0 bridgehead atoms. The molecule has 1 unspecified atom stereocenters. The van der Waals surface area contributed by atoms with Gasteiger partial charge in [-0.15, -0.1) is 6.42 Å². The maximum atomic E-state index is 11.7. The number of rotatable bonds is 7. The molecule has 21 heavy (non-hydrogen) atoms. The van der Waals surface area contributed by atoms with E-state index >= 15 is 0 Å². The summed E-state index contributed by atoms with van der Waals surface area (Å²) in [7, 11) is 0. The average molecular weight is 296 g/mol. The second-order valence-corrected chi connectivity index (χ2v) is 6.93. The van der Waals surface area contributed by atoms with Gasteiger partial charge < -0.3 is 15.7 Å². The van der Waals surface area contributed by atoms with Crippen LogP contribution in [0.4, 0.5) is 4.79 Å². The molecule has 0 fully saturated rings. The van der Waals surface area contributed by atoms with Gasteiger partial charge in [-0.2, -0.15) is 0 Å². The molecule has 0 aliphatic carbocycles. The quantitative estimate of drug-likeness (QED) is 0.632. The van der Waals surface area contributed by atoms with Crippen molar-refractivity contribution in [2.75, 3.05) is 6.54 Å². The van der Waals surface area contributed by atoms with Gasteiger partial charge in [-0.05, 0) is 38.0 Å². The minimum absolute atomic E-state index is 0.00565. The fourth-order valence-electron chi connectivity index (χ4n) is 2.03. The summed E-state index contributed by atoms with van der Waals surface area (Å²) in [5.74, 6) is 1.94. The van der Waals surface area contributed by atoms with Gasteiger partial charge in [0.1, 0.15) is 0 Å². The van der Waals surface area contributed by atoms with Crippen LogP contribution in [0.3, 0.4) is 0 Å². The third-order valence-electron chi connectivity index (χ3n) is 3.50. The SMILES string of the molecule is C#CC(C)(C)NC(=O)NCCC(CCC(=O)O)C(C)(C)C. The highest BCUT2D eigenvalue weighted by Gasteiger charge is 2.25. The van der Waals surface area contributed by atoms with Gasteiger partial charge in [-0.1, -0.05) is 26.7 Å². The van der Waals surface area contributed by atoms with Crippen molar-refractivity contribution in [3.05, 3.63) is 0 Å². The highest BCUT2D eigenvalue weighted by molar-refractivity contribution is 5.75. The highest BCUT2D eigenvalue weighted by atomic mass is 16.4. The van der Waals surface area contributed by atoms with Crippen LogP contribution in [0.15, 0.2) is 0 Å². The first-order valence-corrected chi connectivity index (χ1v) is 7.23. The first kappa shape index (κ1) is 19.3. The largest absolute Gasteiger partial charge is 0.481 e. The van der Waals surface area contributed by atoms with E-state index in [9.17, 15) is 9.59 Å². The number of nitrogens with one attached hydrogen (secondary N) is 2. The van der Waals surface area contributed by atoms with Crippen LogP contribution >= 0.6 is 0 Å². The van der Waals surface area contributed by atoms with Crippen LogP contribution in [0.1, 0.15) is 53.9 Å². The lowest BCUT2D eigenvalue weighted by Crippen LogP contribution is -2.48. The second-order valence-electron chi connectivity index (χ2n) is 6.93. The van der Waals surface area contributed by atoms with E-state index in [4.69, 9.17) is 11.5 Å². The Labute approximate surface area is 127 Å². The third-order valence-corrected chi connectivity index (χ3v) is 3.50. The molecule has 0 aliphatic heterocycles. The van der Waals surface area contributed by atoms with Crippen molar-refractivity contribution in [3.8, 4) is 12.3 Å². The fourth-order valence-corrected chi connectivity index (χ4v) is 2.03. The zero-order valence-electron chi connectivity index (χ0n) is 13.7. The first-order valence-electron chi connectivity index (χ1n) is 7.23. The molecular formula is C16H28N2O3. The molecule has 120 valence electrons. The summed E-state index contributed by atoms with van der Waals surface area (Å²) in [4.78, 5) is 22.4. The number of carboxylic acid groups (broad SMARTS) is 1. The Hall–Kier alpha value is -1.70. The lowest BCUT2D eigenvalue weighted by atomic mass is 9.76. The predicted molar refractivity (Wildman–Crippen MR) is 83.9 cm³/mol. The Kier molecular flexibility index (Phi) is 7.28. The molecule has 0 heterocycles. The molecule has 1 atom stereocenters. The van der Waals surface area contributed by atoms with Crippen molar-refractivity contribution < 1.29 is 14.7 Å². The molecule has 2 amide bonds. The van der Waals surface area contributed by atoms with Gasteiger partial charge in [-0.3, -0.25) is 4.79 Å². The highest BCUT2D eigenvalue weighted by Crippen LogP contribution is 2.32. The zero-order valence-corrected chi connectivity index (χ0v) is 13.7. The van der Waals surface area contributed by atoms with Crippen molar-refractivity contribution in [1.82, 2.24) is 10.6 Å². The predicted octanol–water partition coefficient (Wildman–Crippen LogP) is 2.61. The fraction of sp³-hybridized carbons (Fsp3) is 0.750. The first-order chi connectivity index (χ1) is 9.48. The Morgan fingerprint density at radius 1 is 1.19 bits per heavy atom. The normalized spacial score (nSPS) is 13.1. The molecule has 0 aromatic heterocycles. The van der Waals surface area contributed by atoms with E-state index < -0.39 is 11.5 Å². The van der Waals surface area contributed by atoms with Gasteiger partial charge in [0.2, 0.25) is 0 Å². The molecule has 5 nitrogen and oxygen atoms in total. The molecule has 0 aromatic carbocycles. The molecule has 0 saturated carbocycles. The molecular weight excluding hydrogens is 268 g/mol. The topological polar surface area (TPSA) is 78.4 Å². The summed E-state index contributed by atoms with van der Waals surface area (Å²) in [6, 6.07) is -0.302. The number of urea groups is 1. The second kappa shape index (κ2) is 7.92. The maximum absolute atomic E-state index is 11.7. The van der Waals surface area contributed by atoms with E-state index in [-0.39, 0.29) is 23.8 Å². The number of carbonyl (C=O) groups excluding carboxylic acids is 1. The standard InChI is InChI=1S/C16H28N2O3/c1-7-16(5,6)18-14(21)17-11-10-12(15(2,3)4)8-9-13(19)20/h1,12H,8-11H2,2-6H3,(H,19,20)(H2,17,18,21). The summed E-state index contributed by atoms with van der Waals surface area (Å²) in [6.07, 6.45) is 6.81. The Bertz CT molecular complexity index is 403. The van der Waals surface area contributed by atoms with E-state index in [1.165, 1.54) is 0 Å². The van der Waals surface area contributed by atoms with Crippen LogP contribution in [0.2, 0.25) is 0 Å². The average Bonchev–Trinajstić information content (AvgIpc) is 2.31. The molecule has 0 saturated heterocycles. The Morgan fingerprint density at radius 2 is 1.76 bits per heavy atom. The Morgan fingerprint density at radius 3 is 2.19 bits per heavy atom. The van der Waals surface area contributed by atoms with Crippen LogP contribution in [0, 0.1) is 23.7 Å². The number of hydrogen-bond donors (Lipinski definition) is 3. The smallest absolute Gasteiger partial charge is 0.315 e. The molecule has 0 radical (unpaired) electrons. The minimum Gasteiger partial charge on any atom is -0.481 e. The number of amides is 2. The van der Waals surface area contributed by atoms with Gasteiger partial charge >= 0.3 is 12.0 Å². The summed E-state index contributed by atoms with van der Waals surface area (Å²) in [5.41, 5.74) is -0.678.